The summed E-state index contributed by atoms with van der Waals surface area (Å²) in [6, 6.07) is 73.6. The molecule has 12 aromatic rings. The monoisotopic (exact) mass is 793 g/mol. The molecule has 0 spiro atoms. The first-order chi connectivity index (χ1) is 30.7. The smallest absolute Gasteiger partial charge is 0.164 e. The first-order valence-corrected chi connectivity index (χ1v) is 20.7. The Morgan fingerprint density at radius 1 is 0.242 bits per heavy atom. The van der Waals surface area contributed by atoms with Crippen LogP contribution in [0, 0.1) is 0 Å². The summed E-state index contributed by atoms with van der Waals surface area (Å²) in [4.78, 5) is 15.4. The molecule has 0 amide bonds. The highest BCUT2D eigenvalue weighted by Gasteiger charge is 2.19. The second-order valence-electron chi connectivity index (χ2n) is 15.6. The lowest BCUT2D eigenvalue weighted by molar-refractivity contribution is 0.668. The molecule has 9 aromatic carbocycles. The molecule has 12 rings (SSSR count). The third-order valence-electron chi connectivity index (χ3n) is 11.7. The molecule has 5 heteroatoms. The maximum absolute atomic E-state index is 6.69. The first-order valence-electron chi connectivity index (χ1n) is 20.7. The van der Waals surface area contributed by atoms with Gasteiger partial charge >= 0.3 is 0 Å². The molecule has 290 valence electrons. The molecule has 3 heterocycles. The lowest BCUT2D eigenvalue weighted by Crippen LogP contribution is -2.00. The highest BCUT2D eigenvalue weighted by atomic mass is 16.3. The zero-order chi connectivity index (χ0) is 41.0. The summed E-state index contributed by atoms with van der Waals surface area (Å²) in [5, 5.41) is 4.15. The Bertz CT molecular complexity index is 3550. The van der Waals surface area contributed by atoms with E-state index < -0.39 is 0 Å². The van der Waals surface area contributed by atoms with Crippen molar-refractivity contribution in [2.45, 2.75) is 0 Å². The van der Waals surface area contributed by atoms with Crippen molar-refractivity contribution in [3.63, 3.8) is 0 Å². The van der Waals surface area contributed by atoms with Gasteiger partial charge in [0, 0.05) is 38.2 Å². The van der Waals surface area contributed by atoms with Gasteiger partial charge in [-0.1, -0.05) is 152 Å². The van der Waals surface area contributed by atoms with Gasteiger partial charge in [0.25, 0.3) is 0 Å². The Labute approximate surface area is 357 Å². The fourth-order valence-electron chi connectivity index (χ4n) is 8.65. The van der Waals surface area contributed by atoms with Crippen molar-refractivity contribution < 1.29 is 8.83 Å². The zero-order valence-electron chi connectivity index (χ0n) is 33.4. The number of fused-ring (bicyclic) bond motifs is 6. The molecule has 0 atom stereocenters. The van der Waals surface area contributed by atoms with Gasteiger partial charge in [0.2, 0.25) is 0 Å². The number of benzene rings is 9. The molecule has 0 unspecified atom stereocenters. The molecule has 3 aromatic heterocycles. The van der Waals surface area contributed by atoms with E-state index in [0.717, 1.165) is 93.9 Å². The van der Waals surface area contributed by atoms with E-state index in [-0.39, 0.29) is 0 Å². The second-order valence-corrected chi connectivity index (χ2v) is 15.6. The van der Waals surface area contributed by atoms with Crippen molar-refractivity contribution >= 4 is 43.9 Å². The molecular weight excluding hydrogens is 759 g/mol. The predicted molar refractivity (Wildman–Crippen MR) is 252 cm³/mol. The SMILES string of the molecule is c1ccc(-c2ccc(-c3nc(-c4ccc5c(c4)oc4cccc(-c6cc(-c7ccccc7)cc(-c7ccccc7)c6)c45)nc(-c4ccc5oc6ccccc6c5c4)n3)cc2)cc1. The Kier molecular flexibility index (Phi) is 8.42. The lowest BCUT2D eigenvalue weighted by Gasteiger charge is -2.12. The summed E-state index contributed by atoms with van der Waals surface area (Å²) < 4.78 is 12.9. The van der Waals surface area contributed by atoms with E-state index in [0.29, 0.717) is 17.5 Å². The minimum Gasteiger partial charge on any atom is -0.456 e. The van der Waals surface area contributed by atoms with Crippen LogP contribution in [0.1, 0.15) is 0 Å². The summed E-state index contributed by atoms with van der Waals surface area (Å²) in [7, 11) is 0. The van der Waals surface area contributed by atoms with E-state index in [1.807, 2.05) is 42.5 Å². The van der Waals surface area contributed by atoms with Crippen molar-refractivity contribution in [3.05, 3.63) is 212 Å². The molecule has 62 heavy (non-hydrogen) atoms. The molecule has 0 radical (unpaired) electrons. The number of rotatable bonds is 7. The number of para-hydroxylation sites is 1. The van der Waals surface area contributed by atoms with Gasteiger partial charge in [-0.05, 0) is 105 Å². The van der Waals surface area contributed by atoms with E-state index in [9.17, 15) is 0 Å². The van der Waals surface area contributed by atoms with Crippen LogP contribution in [0.15, 0.2) is 221 Å². The predicted octanol–water partition coefficient (Wildman–Crippen LogP) is 15.3. The highest BCUT2D eigenvalue weighted by Crippen LogP contribution is 2.41. The van der Waals surface area contributed by atoms with Crippen molar-refractivity contribution in [2.75, 3.05) is 0 Å². The van der Waals surface area contributed by atoms with Crippen LogP contribution in [-0.2, 0) is 0 Å². The molecule has 0 bridgehead atoms. The summed E-state index contributed by atoms with van der Waals surface area (Å²) in [5.74, 6) is 1.71. The van der Waals surface area contributed by atoms with Gasteiger partial charge in [0.15, 0.2) is 17.5 Å². The largest absolute Gasteiger partial charge is 0.456 e. The quantitative estimate of drug-likeness (QED) is 0.161. The number of aromatic nitrogens is 3. The Morgan fingerprint density at radius 2 is 0.710 bits per heavy atom. The second kappa shape index (κ2) is 14.7. The normalized spacial score (nSPS) is 11.5. The van der Waals surface area contributed by atoms with E-state index >= 15 is 0 Å². The van der Waals surface area contributed by atoms with Crippen LogP contribution >= 0.6 is 0 Å². The lowest BCUT2D eigenvalue weighted by atomic mass is 9.91. The van der Waals surface area contributed by atoms with Gasteiger partial charge in [-0.2, -0.15) is 0 Å². The minimum absolute atomic E-state index is 0.555. The van der Waals surface area contributed by atoms with Gasteiger partial charge in [0.1, 0.15) is 22.3 Å². The van der Waals surface area contributed by atoms with Gasteiger partial charge in [-0.3, -0.25) is 0 Å². The van der Waals surface area contributed by atoms with E-state index in [4.69, 9.17) is 23.8 Å². The van der Waals surface area contributed by atoms with Gasteiger partial charge in [-0.25, -0.2) is 15.0 Å². The van der Waals surface area contributed by atoms with Gasteiger partial charge < -0.3 is 8.83 Å². The highest BCUT2D eigenvalue weighted by molar-refractivity contribution is 6.13. The summed E-state index contributed by atoms with van der Waals surface area (Å²) in [6.07, 6.45) is 0. The van der Waals surface area contributed by atoms with Crippen molar-refractivity contribution in [1.29, 1.82) is 0 Å². The van der Waals surface area contributed by atoms with Crippen LogP contribution in [0.5, 0.6) is 0 Å². The minimum atomic E-state index is 0.555. The van der Waals surface area contributed by atoms with E-state index in [1.165, 1.54) is 11.1 Å². The van der Waals surface area contributed by atoms with Gasteiger partial charge in [-0.15, -0.1) is 0 Å². The summed E-state index contributed by atoms with van der Waals surface area (Å²) >= 11 is 0. The molecule has 0 aliphatic carbocycles. The Hall–Kier alpha value is -8.41. The third-order valence-corrected chi connectivity index (χ3v) is 11.7. The third kappa shape index (κ3) is 6.32. The fraction of sp³-hybridized carbons (Fsp3) is 0. The number of hydrogen-bond acceptors (Lipinski definition) is 5. The average Bonchev–Trinajstić information content (AvgIpc) is 3.92. The topological polar surface area (TPSA) is 65.0 Å². The Balaban J connectivity index is 1.00. The maximum atomic E-state index is 6.69. The number of hydrogen-bond donors (Lipinski definition) is 0. The zero-order valence-corrected chi connectivity index (χ0v) is 33.4. The van der Waals surface area contributed by atoms with Crippen LogP contribution in [0.2, 0.25) is 0 Å². The molecule has 0 N–H and O–H groups in total. The van der Waals surface area contributed by atoms with Crippen molar-refractivity contribution in [2.24, 2.45) is 0 Å². The average molecular weight is 794 g/mol. The molecule has 5 nitrogen and oxygen atoms in total. The molecule has 0 fully saturated rings. The number of nitrogens with zero attached hydrogens (tertiary/aromatic N) is 3. The summed E-state index contributed by atoms with van der Waals surface area (Å²) in [6.45, 7) is 0. The summed E-state index contributed by atoms with van der Waals surface area (Å²) in [5.41, 5.74) is 15.0. The molecule has 0 aliphatic rings. The van der Waals surface area contributed by atoms with Crippen LogP contribution < -0.4 is 0 Å². The molecule has 0 saturated heterocycles. The van der Waals surface area contributed by atoms with Crippen LogP contribution in [0.4, 0.5) is 0 Å². The first kappa shape index (κ1) is 35.5. The van der Waals surface area contributed by atoms with E-state index in [1.54, 1.807) is 0 Å². The van der Waals surface area contributed by atoms with Gasteiger partial charge in [0.05, 0.1) is 0 Å². The molecule has 0 saturated carbocycles. The number of furan rings is 2. The van der Waals surface area contributed by atoms with E-state index in [2.05, 4.69) is 170 Å². The standard InChI is InChI=1S/C57H35N3O2/c1-4-13-36(14-5-1)39-23-25-40(26-24-39)55-58-56(41-28-30-51-49(34-41)47-19-10-11-21-50(47)61-51)60-57(59-55)42-27-29-48-53(35-42)62-52-22-12-20-46(54(48)52)45-32-43(37-15-6-2-7-16-37)31-44(33-45)38-17-8-3-9-18-38/h1-35H. The molecule has 0 aliphatic heterocycles. The van der Waals surface area contributed by atoms with Crippen molar-refractivity contribution in [3.8, 4) is 78.7 Å². The fourth-order valence-corrected chi connectivity index (χ4v) is 8.65. The maximum Gasteiger partial charge on any atom is 0.164 e. The van der Waals surface area contributed by atoms with Crippen LogP contribution in [-0.4, -0.2) is 15.0 Å². The molecular formula is C57H35N3O2. The van der Waals surface area contributed by atoms with Crippen LogP contribution in [0.25, 0.3) is 123 Å². The Morgan fingerprint density at radius 3 is 1.39 bits per heavy atom. The van der Waals surface area contributed by atoms with Crippen molar-refractivity contribution in [1.82, 2.24) is 15.0 Å². The van der Waals surface area contributed by atoms with Crippen LogP contribution in [0.3, 0.4) is 0 Å².